The molecule has 0 N–H and O–H groups in total. The quantitative estimate of drug-likeness (QED) is 0.706. The molecule has 0 aliphatic carbocycles. The Balaban J connectivity index is 2.44. The van der Waals surface area contributed by atoms with Gasteiger partial charge < -0.3 is 0 Å². The second-order valence-electron chi connectivity index (χ2n) is 5.53. The zero-order valence-corrected chi connectivity index (χ0v) is 11.1. The lowest BCUT2D eigenvalue weighted by Crippen LogP contribution is -2.10. The number of aldehydes is 1. The van der Waals surface area contributed by atoms with Gasteiger partial charge in [-0.05, 0) is 22.1 Å². The maximum Gasteiger partial charge on any atom is 0.150 e. The van der Waals surface area contributed by atoms with E-state index in [4.69, 9.17) is 0 Å². The highest BCUT2D eigenvalue weighted by molar-refractivity contribution is 5.87. The molecule has 0 atom stereocenters. The Morgan fingerprint density at radius 2 is 1.50 bits per heavy atom. The van der Waals surface area contributed by atoms with Crippen LogP contribution in [-0.2, 0) is 5.41 Å². The fourth-order valence-electron chi connectivity index (χ4n) is 2.01. The highest BCUT2D eigenvalue weighted by atomic mass is 16.1. The minimum Gasteiger partial charge on any atom is -0.298 e. The van der Waals surface area contributed by atoms with Crippen LogP contribution in [0.4, 0.5) is 0 Å². The first-order valence-corrected chi connectivity index (χ1v) is 6.17. The summed E-state index contributed by atoms with van der Waals surface area (Å²) in [5.74, 6) is 0. The second kappa shape index (κ2) is 4.77. The van der Waals surface area contributed by atoms with E-state index < -0.39 is 0 Å². The lowest BCUT2D eigenvalue weighted by Gasteiger charge is -2.19. The summed E-state index contributed by atoms with van der Waals surface area (Å²) >= 11 is 0. The Labute approximate surface area is 108 Å². The van der Waals surface area contributed by atoms with E-state index in [1.54, 1.807) is 0 Å². The summed E-state index contributed by atoms with van der Waals surface area (Å²) in [6.45, 7) is 6.59. The summed E-state index contributed by atoms with van der Waals surface area (Å²) in [5.41, 5.74) is 4.28. The number of benzene rings is 2. The van der Waals surface area contributed by atoms with Gasteiger partial charge in [0.05, 0.1) is 0 Å². The van der Waals surface area contributed by atoms with Crippen molar-refractivity contribution in [3.8, 4) is 11.1 Å². The van der Waals surface area contributed by atoms with Crippen LogP contribution in [0.3, 0.4) is 0 Å². The number of hydrogen-bond donors (Lipinski definition) is 0. The van der Waals surface area contributed by atoms with Crippen molar-refractivity contribution in [2.75, 3.05) is 0 Å². The normalized spacial score (nSPS) is 11.3. The molecule has 0 unspecified atom stereocenters. The molecule has 0 aliphatic rings. The van der Waals surface area contributed by atoms with Crippen LogP contribution in [0.25, 0.3) is 11.1 Å². The third kappa shape index (κ3) is 2.51. The van der Waals surface area contributed by atoms with E-state index in [1.807, 2.05) is 24.3 Å². The maximum absolute atomic E-state index is 11.0. The fraction of sp³-hybridized carbons (Fsp3) is 0.235. The van der Waals surface area contributed by atoms with Gasteiger partial charge in [-0.1, -0.05) is 69.3 Å². The maximum atomic E-state index is 11.0. The van der Waals surface area contributed by atoms with E-state index in [2.05, 4.69) is 45.0 Å². The van der Waals surface area contributed by atoms with E-state index in [9.17, 15) is 4.79 Å². The predicted octanol–water partition coefficient (Wildman–Crippen LogP) is 4.46. The van der Waals surface area contributed by atoms with E-state index in [0.29, 0.717) is 0 Å². The smallest absolute Gasteiger partial charge is 0.150 e. The molecule has 92 valence electrons. The van der Waals surface area contributed by atoms with Crippen LogP contribution >= 0.6 is 0 Å². The molecule has 0 spiro atoms. The molecule has 0 saturated carbocycles. The first-order chi connectivity index (χ1) is 8.52. The van der Waals surface area contributed by atoms with E-state index >= 15 is 0 Å². The molecule has 0 amide bonds. The Kier molecular flexibility index (Phi) is 3.33. The van der Waals surface area contributed by atoms with Crippen LogP contribution in [0.5, 0.6) is 0 Å². The summed E-state index contributed by atoms with van der Waals surface area (Å²) < 4.78 is 0. The molecule has 0 heterocycles. The standard InChI is InChI=1S/C17H18O/c1-17(2,3)15-10-8-13(9-11-15)16-7-5-4-6-14(16)12-18/h4-12H,1-3H3. The van der Waals surface area contributed by atoms with Gasteiger partial charge in [0.1, 0.15) is 0 Å². The van der Waals surface area contributed by atoms with E-state index in [-0.39, 0.29) is 5.41 Å². The third-order valence-electron chi connectivity index (χ3n) is 3.15. The molecule has 1 nitrogen and oxygen atoms in total. The Morgan fingerprint density at radius 3 is 2.06 bits per heavy atom. The first kappa shape index (κ1) is 12.6. The molecule has 1 heteroatoms. The minimum absolute atomic E-state index is 0.155. The van der Waals surface area contributed by atoms with Gasteiger partial charge in [-0.3, -0.25) is 4.79 Å². The van der Waals surface area contributed by atoms with Crippen LogP contribution in [0.1, 0.15) is 36.7 Å². The van der Waals surface area contributed by atoms with Gasteiger partial charge in [0.25, 0.3) is 0 Å². The molecule has 0 aliphatic heterocycles. The number of hydrogen-bond acceptors (Lipinski definition) is 1. The van der Waals surface area contributed by atoms with Crippen molar-refractivity contribution in [2.24, 2.45) is 0 Å². The molecule has 2 rings (SSSR count). The summed E-state index contributed by atoms with van der Waals surface area (Å²) in [6.07, 6.45) is 0.910. The lowest BCUT2D eigenvalue weighted by atomic mass is 9.86. The molecule has 0 fully saturated rings. The largest absolute Gasteiger partial charge is 0.298 e. The highest BCUT2D eigenvalue weighted by Gasteiger charge is 2.13. The monoisotopic (exact) mass is 238 g/mol. The van der Waals surface area contributed by atoms with Crippen molar-refractivity contribution in [3.63, 3.8) is 0 Å². The van der Waals surface area contributed by atoms with Crippen LogP contribution in [-0.4, -0.2) is 6.29 Å². The van der Waals surface area contributed by atoms with Crippen LogP contribution in [0, 0.1) is 0 Å². The van der Waals surface area contributed by atoms with Gasteiger partial charge in [0.2, 0.25) is 0 Å². The Hall–Kier alpha value is -1.89. The van der Waals surface area contributed by atoms with Gasteiger partial charge in [0, 0.05) is 5.56 Å². The molecule has 0 bridgehead atoms. The average Bonchev–Trinajstić information content (AvgIpc) is 2.38. The van der Waals surface area contributed by atoms with Crippen LogP contribution in [0.2, 0.25) is 0 Å². The topological polar surface area (TPSA) is 17.1 Å². The van der Waals surface area contributed by atoms with Crippen LogP contribution in [0.15, 0.2) is 48.5 Å². The summed E-state index contributed by atoms with van der Waals surface area (Å²) in [6, 6.07) is 16.1. The van der Waals surface area contributed by atoms with Gasteiger partial charge in [-0.2, -0.15) is 0 Å². The second-order valence-corrected chi connectivity index (χ2v) is 5.53. The van der Waals surface area contributed by atoms with Crippen molar-refractivity contribution in [2.45, 2.75) is 26.2 Å². The van der Waals surface area contributed by atoms with E-state index in [0.717, 1.165) is 23.0 Å². The summed E-state index contributed by atoms with van der Waals surface area (Å²) in [4.78, 5) is 11.0. The number of rotatable bonds is 2. The first-order valence-electron chi connectivity index (χ1n) is 6.17. The molecule has 18 heavy (non-hydrogen) atoms. The summed E-state index contributed by atoms with van der Waals surface area (Å²) in [5, 5.41) is 0. The van der Waals surface area contributed by atoms with Gasteiger partial charge >= 0.3 is 0 Å². The third-order valence-corrected chi connectivity index (χ3v) is 3.15. The zero-order valence-electron chi connectivity index (χ0n) is 11.1. The fourth-order valence-corrected chi connectivity index (χ4v) is 2.01. The molecule has 0 saturated heterocycles. The van der Waals surface area contributed by atoms with Gasteiger partial charge in [-0.25, -0.2) is 0 Å². The minimum atomic E-state index is 0.155. The average molecular weight is 238 g/mol. The molecular formula is C17H18O. The number of carbonyl (C=O) groups is 1. The molecule has 0 radical (unpaired) electrons. The molecule has 0 aromatic heterocycles. The predicted molar refractivity (Wildman–Crippen MR) is 76.0 cm³/mol. The number of carbonyl (C=O) groups excluding carboxylic acids is 1. The van der Waals surface area contributed by atoms with Crippen molar-refractivity contribution >= 4 is 6.29 Å². The van der Waals surface area contributed by atoms with Crippen molar-refractivity contribution in [3.05, 3.63) is 59.7 Å². The molecule has 2 aromatic rings. The Morgan fingerprint density at radius 1 is 0.889 bits per heavy atom. The zero-order chi connectivity index (χ0) is 13.2. The highest BCUT2D eigenvalue weighted by Crippen LogP contribution is 2.27. The van der Waals surface area contributed by atoms with Crippen molar-refractivity contribution < 1.29 is 4.79 Å². The van der Waals surface area contributed by atoms with Crippen molar-refractivity contribution in [1.29, 1.82) is 0 Å². The van der Waals surface area contributed by atoms with Gasteiger partial charge in [-0.15, -0.1) is 0 Å². The molecule has 2 aromatic carbocycles. The van der Waals surface area contributed by atoms with Gasteiger partial charge in [0.15, 0.2) is 6.29 Å². The SMILES string of the molecule is CC(C)(C)c1ccc(-c2ccccc2C=O)cc1. The van der Waals surface area contributed by atoms with Crippen molar-refractivity contribution in [1.82, 2.24) is 0 Å². The summed E-state index contributed by atoms with van der Waals surface area (Å²) in [7, 11) is 0. The van der Waals surface area contributed by atoms with Crippen LogP contribution < -0.4 is 0 Å². The van der Waals surface area contributed by atoms with E-state index in [1.165, 1.54) is 5.56 Å². The molecular weight excluding hydrogens is 220 g/mol. The Bertz CT molecular complexity index is 545. The lowest BCUT2D eigenvalue weighted by molar-refractivity contribution is 0.112.